The summed E-state index contributed by atoms with van der Waals surface area (Å²) >= 11 is 0.963. The first-order valence-electron chi connectivity index (χ1n) is 4.69. The summed E-state index contributed by atoms with van der Waals surface area (Å²) in [6.45, 7) is 1.71. The van der Waals surface area contributed by atoms with Crippen molar-refractivity contribution in [2.24, 2.45) is 0 Å². The van der Waals surface area contributed by atoms with Gasteiger partial charge in [-0.2, -0.15) is 0 Å². The third kappa shape index (κ3) is 3.79. The Balaban J connectivity index is 3.12. The van der Waals surface area contributed by atoms with Crippen LogP contribution in [0.1, 0.15) is 17.3 Å². The molecule has 0 bridgehead atoms. The number of rotatable bonds is 5. The van der Waals surface area contributed by atoms with Gasteiger partial charge < -0.3 is 4.74 Å². The number of methoxy groups -OCH3 is 1. The van der Waals surface area contributed by atoms with Crippen LogP contribution in [0.3, 0.4) is 0 Å². The normalized spacial score (nSPS) is 13.9. The van der Waals surface area contributed by atoms with Crippen LogP contribution in [0, 0.1) is 0 Å². The van der Waals surface area contributed by atoms with Crippen molar-refractivity contribution >= 4 is 38.7 Å². The van der Waals surface area contributed by atoms with Gasteiger partial charge in [0.2, 0.25) is 0 Å². The number of benzene rings is 1. The highest BCUT2D eigenvalue weighted by molar-refractivity contribution is 9.10. The first kappa shape index (κ1) is 14.1. The molecule has 0 heterocycles. The van der Waals surface area contributed by atoms with Gasteiger partial charge in [-0.05, 0) is 25.1 Å². The van der Waals surface area contributed by atoms with E-state index < -0.39 is 11.3 Å². The SMILES string of the molecule is COc1ccc(C(=O)[C@H](C)Br)cc1NS(=O)O. The largest absolute Gasteiger partial charge is 0.495 e. The maximum atomic E-state index is 11.7. The van der Waals surface area contributed by atoms with Crippen LogP contribution in [0.25, 0.3) is 0 Å². The molecule has 0 amide bonds. The summed E-state index contributed by atoms with van der Waals surface area (Å²) in [7, 11) is 1.44. The molecular formula is C10H12BrNO4S. The minimum atomic E-state index is -2.21. The second-order valence-corrected chi connectivity index (χ2v) is 5.32. The Morgan fingerprint density at radius 1 is 1.59 bits per heavy atom. The van der Waals surface area contributed by atoms with Gasteiger partial charge in [-0.25, -0.2) is 4.21 Å². The molecule has 17 heavy (non-hydrogen) atoms. The summed E-state index contributed by atoms with van der Waals surface area (Å²) in [5.74, 6) is 0.283. The highest BCUT2D eigenvalue weighted by Crippen LogP contribution is 2.26. The highest BCUT2D eigenvalue weighted by Gasteiger charge is 2.14. The molecular weight excluding hydrogens is 310 g/mol. The van der Waals surface area contributed by atoms with Crippen molar-refractivity contribution in [1.82, 2.24) is 0 Å². The van der Waals surface area contributed by atoms with Gasteiger partial charge in [-0.1, -0.05) is 15.9 Å². The van der Waals surface area contributed by atoms with E-state index in [4.69, 9.17) is 9.29 Å². The van der Waals surface area contributed by atoms with Crippen LogP contribution in [0.5, 0.6) is 5.75 Å². The van der Waals surface area contributed by atoms with Crippen molar-refractivity contribution in [3.63, 3.8) is 0 Å². The summed E-state index contributed by atoms with van der Waals surface area (Å²) in [6, 6.07) is 4.65. The molecule has 0 saturated heterocycles. The van der Waals surface area contributed by atoms with E-state index in [-0.39, 0.29) is 10.6 Å². The molecule has 7 heteroatoms. The van der Waals surface area contributed by atoms with Gasteiger partial charge in [0.15, 0.2) is 5.78 Å². The summed E-state index contributed by atoms with van der Waals surface area (Å²) in [6.07, 6.45) is 0. The lowest BCUT2D eigenvalue weighted by Crippen LogP contribution is -2.11. The third-order valence-electron chi connectivity index (χ3n) is 2.04. The minimum absolute atomic E-state index is 0.112. The fourth-order valence-electron chi connectivity index (χ4n) is 1.26. The monoisotopic (exact) mass is 321 g/mol. The number of hydrogen-bond acceptors (Lipinski definition) is 3. The average Bonchev–Trinajstić information content (AvgIpc) is 2.27. The van der Waals surface area contributed by atoms with Gasteiger partial charge in [0.05, 0.1) is 17.6 Å². The predicted molar refractivity (Wildman–Crippen MR) is 70.1 cm³/mol. The second kappa shape index (κ2) is 6.13. The molecule has 0 aliphatic heterocycles. The molecule has 1 aromatic carbocycles. The molecule has 1 unspecified atom stereocenters. The quantitative estimate of drug-likeness (QED) is 0.495. The van der Waals surface area contributed by atoms with Crippen molar-refractivity contribution in [3.8, 4) is 5.75 Å². The molecule has 0 saturated carbocycles. The van der Waals surface area contributed by atoms with Crippen molar-refractivity contribution in [3.05, 3.63) is 23.8 Å². The molecule has 0 aromatic heterocycles. The minimum Gasteiger partial charge on any atom is -0.495 e. The lowest BCUT2D eigenvalue weighted by molar-refractivity contribution is 0.0996. The lowest BCUT2D eigenvalue weighted by Gasteiger charge is -2.10. The number of Topliss-reactive ketones (excluding diaryl/α,β-unsaturated/α-hetero) is 1. The van der Waals surface area contributed by atoms with Gasteiger partial charge in [0, 0.05) is 5.56 Å². The number of ketones is 1. The zero-order valence-electron chi connectivity index (χ0n) is 9.27. The smallest absolute Gasteiger partial charge is 0.259 e. The summed E-state index contributed by atoms with van der Waals surface area (Å²) in [5, 5.41) is 0. The van der Waals surface area contributed by atoms with E-state index in [1.165, 1.54) is 13.2 Å². The molecule has 0 radical (unpaired) electrons. The number of nitrogens with one attached hydrogen (secondary N) is 1. The number of alkyl halides is 1. The molecule has 0 fully saturated rings. The van der Waals surface area contributed by atoms with Crippen LogP contribution < -0.4 is 9.46 Å². The predicted octanol–water partition coefficient (Wildman–Crippen LogP) is 2.21. The Labute approximate surface area is 110 Å². The van der Waals surface area contributed by atoms with Crippen molar-refractivity contribution in [2.45, 2.75) is 11.8 Å². The summed E-state index contributed by atoms with van der Waals surface area (Å²) in [4.78, 5) is 11.4. The molecule has 0 spiro atoms. The number of halogens is 1. The third-order valence-corrected chi connectivity index (χ3v) is 2.85. The fourth-order valence-corrected chi connectivity index (χ4v) is 1.88. The van der Waals surface area contributed by atoms with Crippen LogP contribution >= 0.6 is 15.9 Å². The highest BCUT2D eigenvalue weighted by atomic mass is 79.9. The fraction of sp³-hybridized carbons (Fsp3) is 0.300. The number of ether oxygens (including phenoxy) is 1. The molecule has 0 aliphatic carbocycles. The average molecular weight is 322 g/mol. The molecule has 1 aromatic rings. The molecule has 5 nitrogen and oxygen atoms in total. The van der Waals surface area contributed by atoms with E-state index in [9.17, 15) is 9.00 Å². The van der Waals surface area contributed by atoms with Crippen LogP contribution in [0.2, 0.25) is 0 Å². The van der Waals surface area contributed by atoms with Crippen LogP contribution in [0.15, 0.2) is 18.2 Å². The van der Waals surface area contributed by atoms with E-state index in [2.05, 4.69) is 20.7 Å². The molecule has 1 rings (SSSR count). The first-order valence-corrected chi connectivity index (χ1v) is 6.71. The Hall–Kier alpha value is -0.920. The van der Waals surface area contributed by atoms with Gasteiger partial charge in [-0.3, -0.25) is 14.1 Å². The standard InChI is InChI=1S/C10H12BrNO4S/c1-6(11)10(13)7-3-4-9(16-2)8(5-7)12-17(14)15/h3-6,12H,1-2H3,(H,14,15)/t6-/m0/s1. The Bertz CT molecular complexity index is 450. The zero-order valence-corrected chi connectivity index (χ0v) is 11.7. The van der Waals surface area contributed by atoms with E-state index in [1.807, 2.05) is 0 Å². The summed E-state index contributed by atoms with van der Waals surface area (Å²) < 4.78 is 26.8. The van der Waals surface area contributed by atoms with Crippen LogP contribution in [-0.2, 0) is 11.3 Å². The second-order valence-electron chi connectivity index (χ2n) is 3.25. The van der Waals surface area contributed by atoms with E-state index in [1.54, 1.807) is 19.1 Å². The topological polar surface area (TPSA) is 75.6 Å². The van der Waals surface area contributed by atoms with E-state index in [0.717, 1.165) is 0 Å². The summed E-state index contributed by atoms with van der Waals surface area (Å²) in [5.41, 5.74) is 0.732. The lowest BCUT2D eigenvalue weighted by atomic mass is 10.1. The zero-order chi connectivity index (χ0) is 13.0. The van der Waals surface area contributed by atoms with Gasteiger partial charge in [0.25, 0.3) is 11.3 Å². The first-order chi connectivity index (χ1) is 7.95. The maximum Gasteiger partial charge on any atom is 0.259 e. The molecule has 94 valence electrons. The van der Waals surface area contributed by atoms with Gasteiger partial charge in [0.1, 0.15) is 5.75 Å². The number of hydrogen-bond donors (Lipinski definition) is 2. The molecule has 0 aliphatic rings. The Morgan fingerprint density at radius 2 is 2.24 bits per heavy atom. The van der Waals surface area contributed by atoms with Crippen LogP contribution in [-0.4, -0.2) is 26.5 Å². The van der Waals surface area contributed by atoms with Crippen molar-refractivity contribution in [1.29, 1.82) is 0 Å². The number of carbonyl (C=O) groups is 1. The van der Waals surface area contributed by atoms with Crippen molar-refractivity contribution in [2.75, 3.05) is 11.8 Å². The van der Waals surface area contributed by atoms with Gasteiger partial charge in [-0.15, -0.1) is 0 Å². The van der Waals surface area contributed by atoms with Crippen molar-refractivity contribution < 1.29 is 18.3 Å². The number of anilines is 1. The molecule has 2 N–H and O–H groups in total. The maximum absolute atomic E-state index is 11.7. The molecule has 2 atom stereocenters. The van der Waals surface area contributed by atoms with E-state index >= 15 is 0 Å². The Kier molecular flexibility index (Phi) is 5.10. The van der Waals surface area contributed by atoms with Crippen LogP contribution in [0.4, 0.5) is 5.69 Å². The van der Waals surface area contributed by atoms with E-state index in [0.29, 0.717) is 17.0 Å². The number of carbonyl (C=O) groups excluding carboxylic acids is 1. The Morgan fingerprint density at radius 3 is 2.71 bits per heavy atom. The van der Waals surface area contributed by atoms with Gasteiger partial charge >= 0.3 is 0 Å².